The third-order valence-corrected chi connectivity index (χ3v) is 3.41. The van der Waals surface area contributed by atoms with Gasteiger partial charge in [0.1, 0.15) is 17.4 Å². The van der Waals surface area contributed by atoms with Crippen molar-refractivity contribution in [3.8, 4) is 11.8 Å². The second-order valence-corrected chi connectivity index (χ2v) is 5.28. The van der Waals surface area contributed by atoms with E-state index >= 15 is 0 Å². The van der Waals surface area contributed by atoms with Crippen LogP contribution in [-0.4, -0.2) is 25.6 Å². The van der Waals surface area contributed by atoms with Crippen LogP contribution < -0.4 is 10.1 Å². The highest BCUT2D eigenvalue weighted by molar-refractivity contribution is 5.98. The fourth-order valence-electron chi connectivity index (χ4n) is 2.09. The molecular formula is C20H18N2O4. The van der Waals surface area contributed by atoms with E-state index in [1.807, 2.05) is 30.3 Å². The minimum atomic E-state index is -0.856. The Hall–Kier alpha value is -3.59. The number of ether oxygens (including phenoxy) is 2. The van der Waals surface area contributed by atoms with Crippen LogP contribution in [0, 0.1) is 11.3 Å². The van der Waals surface area contributed by atoms with Gasteiger partial charge in [0, 0.05) is 6.54 Å². The first-order valence-corrected chi connectivity index (χ1v) is 7.86. The van der Waals surface area contributed by atoms with Gasteiger partial charge in [-0.3, -0.25) is 4.79 Å². The predicted octanol–water partition coefficient (Wildman–Crippen LogP) is 2.46. The lowest BCUT2D eigenvalue weighted by Gasteiger charge is -2.06. The van der Waals surface area contributed by atoms with Crippen LogP contribution >= 0.6 is 0 Å². The van der Waals surface area contributed by atoms with Crippen LogP contribution in [-0.2, 0) is 20.9 Å². The lowest BCUT2D eigenvalue weighted by atomic mass is 10.1. The molecule has 0 aromatic heterocycles. The molecule has 0 unspecified atom stereocenters. The van der Waals surface area contributed by atoms with E-state index in [1.165, 1.54) is 13.2 Å². The minimum absolute atomic E-state index is 0.200. The molecule has 0 spiro atoms. The van der Waals surface area contributed by atoms with Crippen molar-refractivity contribution in [1.82, 2.24) is 5.32 Å². The normalized spacial score (nSPS) is 10.5. The maximum absolute atomic E-state index is 12.0. The van der Waals surface area contributed by atoms with Crippen molar-refractivity contribution in [1.29, 1.82) is 5.26 Å². The Morgan fingerprint density at radius 3 is 2.62 bits per heavy atom. The first kappa shape index (κ1) is 18.7. The summed E-state index contributed by atoms with van der Waals surface area (Å²) in [4.78, 5) is 23.8. The topological polar surface area (TPSA) is 88.4 Å². The molecule has 0 atom stereocenters. The van der Waals surface area contributed by atoms with Gasteiger partial charge in [0.25, 0.3) is 5.91 Å². The van der Waals surface area contributed by atoms with Crippen LogP contribution in [0.5, 0.6) is 5.75 Å². The number of nitriles is 1. The van der Waals surface area contributed by atoms with E-state index in [4.69, 9.17) is 14.7 Å². The molecule has 1 N–H and O–H groups in total. The van der Waals surface area contributed by atoms with Crippen LogP contribution in [0.3, 0.4) is 0 Å². The molecular weight excluding hydrogens is 332 g/mol. The Bertz CT molecular complexity index is 838. The van der Waals surface area contributed by atoms with Crippen molar-refractivity contribution >= 4 is 18.0 Å². The number of amides is 1. The predicted molar refractivity (Wildman–Crippen MR) is 95.8 cm³/mol. The number of carbonyl (C=O) groups excluding carboxylic acids is 2. The van der Waals surface area contributed by atoms with Gasteiger partial charge in [-0.1, -0.05) is 42.5 Å². The monoisotopic (exact) mass is 350 g/mol. The number of esters is 1. The molecule has 2 aromatic carbocycles. The van der Waals surface area contributed by atoms with E-state index in [0.29, 0.717) is 17.9 Å². The van der Waals surface area contributed by atoms with Gasteiger partial charge in [0.05, 0.1) is 7.11 Å². The van der Waals surface area contributed by atoms with E-state index in [9.17, 15) is 9.59 Å². The maximum Gasteiger partial charge on any atom is 0.349 e. The molecule has 6 nitrogen and oxygen atoms in total. The number of hydrogen-bond acceptors (Lipinski definition) is 5. The Morgan fingerprint density at radius 2 is 1.92 bits per heavy atom. The summed E-state index contributed by atoms with van der Waals surface area (Å²) in [5.41, 5.74) is 1.35. The molecule has 0 saturated heterocycles. The zero-order valence-corrected chi connectivity index (χ0v) is 14.3. The van der Waals surface area contributed by atoms with Crippen LogP contribution in [0.1, 0.15) is 11.1 Å². The molecule has 1 amide bonds. The number of hydrogen-bond donors (Lipinski definition) is 1. The zero-order valence-electron chi connectivity index (χ0n) is 14.3. The van der Waals surface area contributed by atoms with Gasteiger partial charge in [-0.25, -0.2) is 4.79 Å². The Kier molecular flexibility index (Phi) is 6.95. The van der Waals surface area contributed by atoms with Crippen LogP contribution in [0.2, 0.25) is 0 Å². The van der Waals surface area contributed by atoms with Crippen molar-refractivity contribution in [2.75, 3.05) is 13.7 Å². The molecule has 0 aliphatic heterocycles. The summed E-state index contributed by atoms with van der Waals surface area (Å²) in [5.74, 6) is -0.698. The minimum Gasteiger partial charge on any atom is -0.497 e. The standard InChI is InChI=1S/C20H18N2O4/c1-25-18-9-5-8-16(11-18)10-17(12-21)20(24)26-14-19(23)22-13-15-6-3-2-4-7-15/h2-11H,13-14H2,1H3,(H,22,23)/b17-10+. The third kappa shape index (κ3) is 5.80. The molecule has 0 bridgehead atoms. The molecule has 2 aromatic rings. The molecule has 0 aliphatic rings. The number of carbonyl (C=O) groups is 2. The summed E-state index contributed by atoms with van der Waals surface area (Å²) in [6, 6.07) is 18.0. The maximum atomic E-state index is 12.0. The summed E-state index contributed by atoms with van der Waals surface area (Å²) >= 11 is 0. The van der Waals surface area contributed by atoms with E-state index in [-0.39, 0.29) is 5.57 Å². The Morgan fingerprint density at radius 1 is 1.15 bits per heavy atom. The second kappa shape index (κ2) is 9.64. The first-order chi connectivity index (χ1) is 12.6. The van der Waals surface area contributed by atoms with E-state index < -0.39 is 18.5 Å². The fraction of sp³-hybridized carbons (Fsp3) is 0.150. The van der Waals surface area contributed by atoms with Gasteiger partial charge in [-0.15, -0.1) is 0 Å². The molecule has 132 valence electrons. The molecule has 0 radical (unpaired) electrons. The molecule has 0 fully saturated rings. The van der Waals surface area contributed by atoms with Crippen LogP contribution in [0.4, 0.5) is 0 Å². The highest BCUT2D eigenvalue weighted by atomic mass is 16.5. The van der Waals surface area contributed by atoms with Gasteiger partial charge in [0.15, 0.2) is 6.61 Å². The summed E-state index contributed by atoms with van der Waals surface area (Å²) in [6.45, 7) is -0.120. The summed E-state index contributed by atoms with van der Waals surface area (Å²) in [6.07, 6.45) is 1.38. The summed E-state index contributed by atoms with van der Waals surface area (Å²) in [5, 5.41) is 11.8. The summed E-state index contributed by atoms with van der Waals surface area (Å²) < 4.78 is 9.99. The quantitative estimate of drug-likeness (QED) is 0.471. The molecule has 2 rings (SSSR count). The van der Waals surface area contributed by atoms with Crippen molar-refractivity contribution in [3.05, 3.63) is 71.3 Å². The Labute approximate surface area is 151 Å². The largest absolute Gasteiger partial charge is 0.497 e. The average molecular weight is 350 g/mol. The smallest absolute Gasteiger partial charge is 0.349 e. The van der Waals surface area contributed by atoms with E-state index in [1.54, 1.807) is 30.3 Å². The first-order valence-electron chi connectivity index (χ1n) is 7.86. The lowest BCUT2D eigenvalue weighted by molar-refractivity contribution is -0.144. The SMILES string of the molecule is COc1cccc(/C=C(\C#N)C(=O)OCC(=O)NCc2ccccc2)c1. The van der Waals surface area contributed by atoms with Crippen molar-refractivity contribution in [3.63, 3.8) is 0 Å². The third-order valence-electron chi connectivity index (χ3n) is 3.41. The second-order valence-electron chi connectivity index (χ2n) is 5.28. The zero-order chi connectivity index (χ0) is 18.8. The van der Waals surface area contributed by atoms with Gasteiger partial charge in [-0.2, -0.15) is 5.26 Å². The molecule has 0 aliphatic carbocycles. The summed E-state index contributed by atoms with van der Waals surface area (Å²) in [7, 11) is 1.52. The Balaban J connectivity index is 1.89. The molecule has 0 heterocycles. The molecule has 26 heavy (non-hydrogen) atoms. The number of benzene rings is 2. The van der Waals surface area contributed by atoms with Crippen molar-refractivity contribution in [2.24, 2.45) is 0 Å². The number of rotatable bonds is 7. The number of nitrogens with one attached hydrogen (secondary N) is 1. The molecule has 0 saturated carbocycles. The van der Waals surface area contributed by atoms with Crippen LogP contribution in [0.15, 0.2) is 60.2 Å². The lowest BCUT2D eigenvalue weighted by Crippen LogP contribution is -2.28. The van der Waals surface area contributed by atoms with Gasteiger partial charge >= 0.3 is 5.97 Å². The van der Waals surface area contributed by atoms with E-state index in [2.05, 4.69) is 5.32 Å². The average Bonchev–Trinajstić information content (AvgIpc) is 2.69. The van der Waals surface area contributed by atoms with Crippen molar-refractivity contribution < 1.29 is 19.1 Å². The highest BCUT2D eigenvalue weighted by Gasteiger charge is 2.13. The molecule has 6 heteroatoms. The number of methoxy groups -OCH3 is 1. The van der Waals surface area contributed by atoms with Gasteiger partial charge in [-0.05, 0) is 29.3 Å². The van der Waals surface area contributed by atoms with Crippen LogP contribution in [0.25, 0.3) is 6.08 Å². The highest BCUT2D eigenvalue weighted by Crippen LogP contribution is 2.15. The van der Waals surface area contributed by atoms with Gasteiger partial charge < -0.3 is 14.8 Å². The van der Waals surface area contributed by atoms with Gasteiger partial charge in [0.2, 0.25) is 0 Å². The van der Waals surface area contributed by atoms with Crippen molar-refractivity contribution in [2.45, 2.75) is 6.54 Å². The van der Waals surface area contributed by atoms with E-state index in [0.717, 1.165) is 5.56 Å². The fourth-order valence-corrected chi connectivity index (χ4v) is 2.09. The number of nitrogens with zero attached hydrogens (tertiary/aromatic N) is 1.